The highest BCUT2D eigenvalue weighted by Crippen LogP contribution is 2.43. The van der Waals surface area contributed by atoms with Crippen LogP contribution in [-0.2, 0) is 0 Å². The first-order valence-electron chi connectivity index (χ1n) is 16.7. The number of nitrogens with zero attached hydrogens (tertiary/aromatic N) is 2. The molecular weight excluding hydrogens is 613 g/mol. The quantitative estimate of drug-likeness (QED) is 0.181. The molecule has 230 valence electrons. The van der Waals surface area contributed by atoms with Crippen LogP contribution in [-0.4, -0.2) is 4.57 Å². The lowest BCUT2D eigenvalue weighted by Crippen LogP contribution is -2.10. The van der Waals surface area contributed by atoms with Crippen molar-refractivity contribution < 1.29 is 0 Å². The number of anilines is 3. The zero-order chi connectivity index (χ0) is 32.3. The van der Waals surface area contributed by atoms with Crippen molar-refractivity contribution in [3.8, 4) is 16.8 Å². The molecule has 2 heterocycles. The van der Waals surface area contributed by atoms with Crippen molar-refractivity contribution in [1.29, 1.82) is 0 Å². The summed E-state index contributed by atoms with van der Waals surface area (Å²) in [6, 6.07) is 66.3. The molecule has 10 aromatic rings. The topological polar surface area (TPSA) is 8.17 Å². The number of hydrogen-bond acceptors (Lipinski definition) is 2. The van der Waals surface area contributed by atoms with Gasteiger partial charge in [0.05, 0.1) is 11.0 Å². The molecule has 0 aliphatic rings. The van der Waals surface area contributed by atoms with E-state index >= 15 is 0 Å². The molecule has 0 saturated heterocycles. The van der Waals surface area contributed by atoms with Crippen molar-refractivity contribution in [3.05, 3.63) is 182 Å². The molecule has 0 fully saturated rings. The Kier molecular flexibility index (Phi) is 6.39. The third-order valence-electron chi connectivity index (χ3n) is 9.72. The van der Waals surface area contributed by atoms with E-state index < -0.39 is 0 Å². The van der Waals surface area contributed by atoms with Crippen LogP contribution in [0.2, 0.25) is 0 Å². The molecule has 0 atom stereocenters. The number of para-hydroxylation sites is 2. The Labute approximate surface area is 288 Å². The molecule has 49 heavy (non-hydrogen) atoms. The van der Waals surface area contributed by atoms with Gasteiger partial charge in [0.25, 0.3) is 0 Å². The highest BCUT2D eigenvalue weighted by Gasteiger charge is 2.18. The summed E-state index contributed by atoms with van der Waals surface area (Å²) in [7, 11) is 0. The van der Waals surface area contributed by atoms with E-state index in [-0.39, 0.29) is 0 Å². The van der Waals surface area contributed by atoms with Crippen molar-refractivity contribution in [3.63, 3.8) is 0 Å². The van der Waals surface area contributed by atoms with Gasteiger partial charge in [-0.2, -0.15) is 0 Å². The maximum absolute atomic E-state index is 2.41. The van der Waals surface area contributed by atoms with Gasteiger partial charge in [0.2, 0.25) is 0 Å². The van der Waals surface area contributed by atoms with Crippen molar-refractivity contribution in [2.24, 2.45) is 0 Å². The van der Waals surface area contributed by atoms with E-state index in [4.69, 9.17) is 0 Å². The molecule has 0 radical (unpaired) electrons. The largest absolute Gasteiger partial charge is 0.310 e. The zero-order valence-corrected chi connectivity index (χ0v) is 27.4. The second-order valence-electron chi connectivity index (χ2n) is 12.6. The lowest BCUT2D eigenvalue weighted by Gasteiger charge is -2.26. The van der Waals surface area contributed by atoms with Gasteiger partial charge in [-0.25, -0.2) is 0 Å². The smallest absolute Gasteiger partial charge is 0.0542 e. The van der Waals surface area contributed by atoms with Crippen molar-refractivity contribution in [1.82, 2.24) is 4.57 Å². The molecule has 0 saturated carbocycles. The fraction of sp³-hybridized carbons (Fsp3) is 0. The lowest BCUT2D eigenvalue weighted by atomic mass is 10.0. The average molecular weight is 643 g/mol. The predicted molar refractivity (Wildman–Crippen MR) is 211 cm³/mol. The Morgan fingerprint density at radius 2 is 1.04 bits per heavy atom. The molecule has 8 aromatic carbocycles. The number of thiophene rings is 1. The SMILES string of the molecule is c1ccc(-c2cccc(N(c3ccc4cc5sc6ccccc6c5cc4c3)c3ccc4c(c3)c3ccccc3n4-c3ccccc3)c2)cc1. The van der Waals surface area contributed by atoms with Gasteiger partial charge in [-0.3, -0.25) is 0 Å². The summed E-state index contributed by atoms with van der Waals surface area (Å²) in [4.78, 5) is 2.41. The van der Waals surface area contributed by atoms with E-state index in [2.05, 4.69) is 191 Å². The Morgan fingerprint density at radius 3 is 1.92 bits per heavy atom. The average Bonchev–Trinajstić information content (AvgIpc) is 3.70. The molecule has 2 nitrogen and oxygen atoms in total. The molecule has 2 aromatic heterocycles. The van der Waals surface area contributed by atoms with Crippen LogP contribution in [0.3, 0.4) is 0 Å². The third kappa shape index (κ3) is 4.62. The van der Waals surface area contributed by atoms with E-state index in [0.29, 0.717) is 0 Å². The number of fused-ring (bicyclic) bond motifs is 7. The Hall–Kier alpha value is -6.16. The van der Waals surface area contributed by atoms with Gasteiger partial charge in [0.1, 0.15) is 0 Å². The van der Waals surface area contributed by atoms with Crippen LogP contribution in [0.5, 0.6) is 0 Å². The minimum absolute atomic E-state index is 1.12. The van der Waals surface area contributed by atoms with Crippen molar-refractivity contribution in [2.75, 3.05) is 4.90 Å². The summed E-state index contributed by atoms with van der Waals surface area (Å²) in [5.41, 5.74) is 9.32. The maximum Gasteiger partial charge on any atom is 0.0542 e. The monoisotopic (exact) mass is 642 g/mol. The highest BCUT2D eigenvalue weighted by atomic mass is 32.1. The van der Waals surface area contributed by atoms with Crippen LogP contribution in [0.4, 0.5) is 17.1 Å². The molecule has 0 aliphatic heterocycles. The molecule has 0 amide bonds. The third-order valence-corrected chi connectivity index (χ3v) is 10.9. The first kappa shape index (κ1) is 27.9. The second-order valence-corrected chi connectivity index (χ2v) is 13.7. The minimum Gasteiger partial charge on any atom is -0.310 e. The minimum atomic E-state index is 1.12. The standard InChI is InChI=1S/C46H30N2S/c1-3-12-31(13-4-1)32-14-11-17-36(26-32)47(37-23-22-33-29-46-42(28-34(33)27-37)40-19-8-10-21-45(40)49-46)38-24-25-44-41(30-38)39-18-7-9-20-43(39)48(44)35-15-5-2-6-16-35/h1-30H. The fourth-order valence-electron chi connectivity index (χ4n) is 7.45. The summed E-state index contributed by atoms with van der Waals surface area (Å²) in [5.74, 6) is 0. The number of hydrogen-bond donors (Lipinski definition) is 0. The second kappa shape index (κ2) is 11.2. The van der Waals surface area contributed by atoms with Gasteiger partial charge in [-0.15, -0.1) is 11.3 Å². The predicted octanol–water partition coefficient (Wildman–Crippen LogP) is 13.4. The lowest BCUT2D eigenvalue weighted by molar-refractivity contribution is 1.18. The van der Waals surface area contributed by atoms with Gasteiger partial charge < -0.3 is 9.47 Å². The van der Waals surface area contributed by atoms with Crippen LogP contribution in [0.15, 0.2) is 182 Å². The van der Waals surface area contributed by atoms with E-state index in [9.17, 15) is 0 Å². The van der Waals surface area contributed by atoms with E-state index in [1.54, 1.807) is 0 Å². The van der Waals surface area contributed by atoms with E-state index in [0.717, 1.165) is 22.7 Å². The Morgan fingerprint density at radius 1 is 0.367 bits per heavy atom. The Bertz CT molecular complexity index is 2830. The molecule has 0 unspecified atom stereocenters. The molecule has 3 heteroatoms. The summed E-state index contributed by atoms with van der Waals surface area (Å²) in [5, 5.41) is 7.60. The molecule has 0 spiro atoms. The molecule has 0 aliphatic carbocycles. The van der Waals surface area contributed by atoms with E-state index in [1.807, 2.05) is 11.3 Å². The normalized spacial score (nSPS) is 11.7. The number of rotatable bonds is 5. The van der Waals surface area contributed by atoms with Crippen LogP contribution >= 0.6 is 11.3 Å². The maximum atomic E-state index is 2.41. The first-order chi connectivity index (χ1) is 24.3. The molecular formula is C46H30N2S. The fourth-order valence-corrected chi connectivity index (χ4v) is 8.59. The highest BCUT2D eigenvalue weighted by molar-refractivity contribution is 7.25. The summed E-state index contributed by atoms with van der Waals surface area (Å²) in [6.07, 6.45) is 0. The first-order valence-corrected chi connectivity index (χ1v) is 17.5. The van der Waals surface area contributed by atoms with Crippen molar-refractivity contribution >= 4 is 81.1 Å². The zero-order valence-electron chi connectivity index (χ0n) is 26.6. The Balaban J connectivity index is 1.21. The van der Waals surface area contributed by atoms with Crippen molar-refractivity contribution in [2.45, 2.75) is 0 Å². The van der Waals surface area contributed by atoms with Gasteiger partial charge >= 0.3 is 0 Å². The summed E-state index contributed by atoms with van der Waals surface area (Å²) >= 11 is 1.87. The number of benzene rings is 8. The molecule has 0 N–H and O–H groups in total. The van der Waals surface area contributed by atoms with Crippen LogP contribution in [0.1, 0.15) is 0 Å². The van der Waals surface area contributed by atoms with Gasteiger partial charge in [0, 0.05) is 53.7 Å². The van der Waals surface area contributed by atoms with Crippen LogP contribution in [0.25, 0.3) is 69.6 Å². The molecule has 10 rings (SSSR count). The summed E-state index contributed by atoms with van der Waals surface area (Å²) in [6.45, 7) is 0. The van der Waals surface area contributed by atoms with Crippen LogP contribution < -0.4 is 4.90 Å². The van der Waals surface area contributed by atoms with Gasteiger partial charge in [0.15, 0.2) is 0 Å². The van der Waals surface area contributed by atoms with Crippen LogP contribution in [0, 0.1) is 0 Å². The summed E-state index contributed by atoms with van der Waals surface area (Å²) < 4.78 is 5.03. The number of aromatic nitrogens is 1. The molecule has 0 bridgehead atoms. The van der Waals surface area contributed by atoms with Gasteiger partial charge in [-0.05, 0) is 101 Å². The van der Waals surface area contributed by atoms with E-state index in [1.165, 1.54) is 63.9 Å². The van der Waals surface area contributed by atoms with Gasteiger partial charge in [-0.1, -0.05) is 103 Å².